The molecule has 5 N–H and O–H groups in total. The Hall–Kier alpha value is -0.930. The largest absolute Gasteiger partial charge is 0.394 e. The van der Waals surface area contributed by atoms with Gasteiger partial charge in [-0.1, -0.05) is 5.11 Å². The highest BCUT2D eigenvalue weighted by atomic mass is 16.7. The number of hydrogen-bond acceptors (Lipinski definition) is 7. The molecule has 2 unspecified atom stereocenters. The van der Waals surface area contributed by atoms with E-state index in [1.165, 1.54) is 0 Å². The molecule has 17 heavy (non-hydrogen) atoms. The minimum Gasteiger partial charge on any atom is -0.394 e. The van der Waals surface area contributed by atoms with E-state index in [-0.39, 0.29) is 13.2 Å². The number of rotatable bonds is 5. The lowest BCUT2D eigenvalue weighted by molar-refractivity contribution is -0.264. The van der Waals surface area contributed by atoms with Crippen LogP contribution in [0.25, 0.3) is 10.4 Å². The highest BCUT2D eigenvalue weighted by Crippen LogP contribution is 2.20. The summed E-state index contributed by atoms with van der Waals surface area (Å²) >= 11 is 0. The monoisotopic (exact) mass is 248 g/mol. The van der Waals surface area contributed by atoms with Gasteiger partial charge in [-0.25, -0.2) is 0 Å². The molecule has 0 saturated carbocycles. The molecule has 0 aliphatic carbocycles. The average molecular weight is 248 g/mol. The van der Waals surface area contributed by atoms with Crippen molar-refractivity contribution in [2.75, 3.05) is 19.8 Å². The number of ether oxygens (including phenoxy) is 2. The molecular weight excluding hydrogens is 232 g/mol. The van der Waals surface area contributed by atoms with Gasteiger partial charge in [0.15, 0.2) is 6.29 Å². The van der Waals surface area contributed by atoms with Crippen molar-refractivity contribution in [1.29, 1.82) is 0 Å². The smallest absolute Gasteiger partial charge is 0.175 e. The molecule has 0 spiro atoms. The molecule has 0 amide bonds. The minimum atomic E-state index is -1.26. The van der Waals surface area contributed by atoms with Crippen LogP contribution in [0.4, 0.5) is 0 Å². The number of nitrogens with two attached hydrogens (primary N) is 1. The maximum atomic E-state index is 9.59. The number of aliphatic hydroxyl groups is 3. The van der Waals surface area contributed by atoms with Crippen LogP contribution in [0.3, 0.4) is 0 Å². The van der Waals surface area contributed by atoms with Crippen LogP contribution in [0, 0.1) is 0 Å². The lowest BCUT2D eigenvalue weighted by atomic mass is 9.98. The Morgan fingerprint density at radius 1 is 1.41 bits per heavy atom. The van der Waals surface area contributed by atoms with E-state index < -0.39 is 37.3 Å². The quantitative estimate of drug-likeness (QED) is 0.192. The number of nitrogens with zero attached hydrogens (tertiary/aromatic N) is 3. The van der Waals surface area contributed by atoms with Gasteiger partial charge in [-0.15, -0.1) is 0 Å². The first-order valence-electron chi connectivity index (χ1n) is 5.12. The summed E-state index contributed by atoms with van der Waals surface area (Å²) in [5, 5.41) is 31.3. The summed E-state index contributed by atoms with van der Waals surface area (Å²) in [7, 11) is 0. The van der Waals surface area contributed by atoms with E-state index in [2.05, 4.69) is 10.0 Å². The zero-order valence-electron chi connectivity index (χ0n) is 9.09. The molecule has 0 bridgehead atoms. The second-order valence-corrected chi connectivity index (χ2v) is 3.61. The lowest BCUT2D eigenvalue weighted by Crippen LogP contribution is -2.62. The molecule has 0 aromatic rings. The van der Waals surface area contributed by atoms with E-state index in [0.717, 1.165) is 0 Å². The topological polar surface area (TPSA) is 154 Å². The fourth-order valence-electron chi connectivity index (χ4n) is 1.51. The van der Waals surface area contributed by atoms with Crippen molar-refractivity contribution < 1.29 is 24.8 Å². The van der Waals surface area contributed by atoms with Crippen molar-refractivity contribution in [1.82, 2.24) is 0 Å². The van der Waals surface area contributed by atoms with Crippen molar-refractivity contribution in [3.8, 4) is 0 Å². The molecule has 0 aromatic heterocycles. The number of hydrogen-bond donors (Lipinski definition) is 4. The third kappa shape index (κ3) is 3.51. The maximum absolute atomic E-state index is 9.59. The highest BCUT2D eigenvalue weighted by molar-refractivity contribution is 4.91. The summed E-state index contributed by atoms with van der Waals surface area (Å²) in [5.74, 6) is 0. The van der Waals surface area contributed by atoms with E-state index in [1.807, 2.05) is 0 Å². The number of azide groups is 1. The summed E-state index contributed by atoms with van der Waals surface area (Å²) in [6.07, 6.45) is -4.41. The fourth-order valence-corrected chi connectivity index (χ4v) is 1.51. The normalized spacial score (nSPS) is 37.5. The molecule has 1 fully saturated rings. The summed E-state index contributed by atoms with van der Waals surface area (Å²) in [6.45, 7) is -0.282. The van der Waals surface area contributed by atoms with Crippen LogP contribution in [0.2, 0.25) is 0 Å². The van der Waals surface area contributed by atoms with Crippen LogP contribution in [0.5, 0.6) is 0 Å². The van der Waals surface area contributed by atoms with Crippen molar-refractivity contribution in [2.45, 2.75) is 30.6 Å². The summed E-state index contributed by atoms with van der Waals surface area (Å²) in [6, 6.07) is -0.932. The Labute approximate surface area is 97.4 Å². The predicted molar refractivity (Wildman–Crippen MR) is 55.7 cm³/mol. The second kappa shape index (κ2) is 6.72. The lowest BCUT2D eigenvalue weighted by Gasteiger charge is -2.40. The van der Waals surface area contributed by atoms with Gasteiger partial charge in [0.2, 0.25) is 0 Å². The molecule has 9 nitrogen and oxygen atoms in total. The van der Waals surface area contributed by atoms with Gasteiger partial charge in [-0.2, -0.15) is 0 Å². The van der Waals surface area contributed by atoms with Crippen LogP contribution < -0.4 is 5.73 Å². The third-order valence-corrected chi connectivity index (χ3v) is 2.46. The molecule has 98 valence electrons. The first-order valence-corrected chi connectivity index (χ1v) is 5.12. The van der Waals surface area contributed by atoms with Gasteiger partial charge < -0.3 is 30.5 Å². The van der Waals surface area contributed by atoms with Crippen LogP contribution >= 0.6 is 0 Å². The molecule has 1 rings (SSSR count). The zero-order valence-corrected chi connectivity index (χ0v) is 9.09. The molecule has 0 radical (unpaired) electrons. The predicted octanol–water partition coefficient (Wildman–Crippen LogP) is -1.92. The Bertz CT molecular complexity index is 283. The molecule has 0 aromatic carbocycles. The molecule has 9 heteroatoms. The van der Waals surface area contributed by atoms with Crippen LogP contribution in [-0.2, 0) is 9.47 Å². The maximum Gasteiger partial charge on any atom is 0.175 e. The highest BCUT2D eigenvalue weighted by Gasteiger charge is 2.42. The Balaban J connectivity index is 2.50. The van der Waals surface area contributed by atoms with Crippen LogP contribution in [-0.4, -0.2) is 65.7 Å². The van der Waals surface area contributed by atoms with Gasteiger partial charge in [0.25, 0.3) is 0 Å². The fraction of sp³-hybridized carbons (Fsp3) is 1.00. The summed E-state index contributed by atoms with van der Waals surface area (Å²) in [5.41, 5.74) is 13.7. The van der Waals surface area contributed by atoms with Gasteiger partial charge in [-0.3, -0.25) is 0 Å². The molecule has 1 aliphatic rings. The molecular formula is C8H16N4O5. The molecule has 1 aliphatic heterocycles. The zero-order chi connectivity index (χ0) is 12.8. The average Bonchev–Trinajstić information content (AvgIpc) is 2.34. The van der Waals surface area contributed by atoms with Crippen LogP contribution in [0.15, 0.2) is 5.11 Å². The SMILES string of the molecule is [N-]=[N+]=NCCO[C@H]1OC(CO)[C@@H](O)[C@H](O)C1N. The standard InChI is InChI=1S/C8H16N4O5/c9-5-7(15)6(14)4(3-13)17-8(5)16-2-1-11-12-10/h4-8,13-15H,1-3,9H2/t4?,5?,6-,7-,8+/m1/s1. The van der Waals surface area contributed by atoms with Crippen molar-refractivity contribution >= 4 is 0 Å². The first-order chi connectivity index (χ1) is 8.11. The summed E-state index contributed by atoms with van der Waals surface area (Å²) < 4.78 is 10.3. The van der Waals surface area contributed by atoms with E-state index in [4.69, 9.17) is 25.8 Å². The van der Waals surface area contributed by atoms with Crippen molar-refractivity contribution in [3.63, 3.8) is 0 Å². The molecule has 5 atom stereocenters. The number of aliphatic hydroxyl groups excluding tert-OH is 3. The van der Waals surface area contributed by atoms with Gasteiger partial charge >= 0.3 is 0 Å². The van der Waals surface area contributed by atoms with E-state index >= 15 is 0 Å². The van der Waals surface area contributed by atoms with Gasteiger partial charge in [-0.05, 0) is 5.53 Å². The van der Waals surface area contributed by atoms with Gasteiger partial charge in [0.1, 0.15) is 18.3 Å². The minimum absolute atomic E-state index is 0.0728. The Morgan fingerprint density at radius 2 is 2.12 bits per heavy atom. The Morgan fingerprint density at radius 3 is 2.71 bits per heavy atom. The van der Waals surface area contributed by atoms with E-state index in [1.54, 1.807) is 0 Å². The van der Waals surface area contributed by atoms with Crippen LogP contribution in [0.1, 0.15) is 0 Å². The van der Waals surface area contributed by atoms with E-state index in [0.29, 0.717) is 0 Å². The van der Waals surface area contributed by atoms with Crippen molar-refractivity contribution in [2.24, 2.45) is 10.8 Å². The van der Waals surface area contributed by atoms with Crippen molar-refractivity contribution in [3.05, 3.63) is 10.4 Å². The van der Waals surface area contributed by atoms with Gasteiger partial charge in [0.05, 0.1) is 19.3 Å². The first kappa shape index (κ1) is 14.1. The summed E-state index contributed by atoms with van der Waals surface area (Å²) in [4.78, 5) is 2.54. The third-order valence-electron chi connectivity index (χ3n) is 2.46. The van der Waals surface area contributed by atoms with Gasteiger partial charge in [0, 0.05) is 11.5 Å². The molecule has 1 saturated heterocycles. The second-order valence-electron chi connectivity index (χ2n) is 3.61. The molecule has 1 heterocycles. The van der Waals surface area contributed by atoms with E-state index in [9.17, 15) is 10.2 Å². The Kier molecular flexibility index (Phi) is 5.59.